The summed E-state index contributed by atoms with van der Waals surface area (Å²) in [7, 11) is 0. The second-order valence-corrected chi connectivity index (χ2v) is 6.15. The van der Waals surface area contributed by atoms with Gasteiger partial charge in [0, 0.05) is 30.8 Å². The predicted octanol–water partition coefficient (Wildman–Crippen LogP) is 1.57. The molecule has 0 bridgehead atoms. The monoisotopic (exact) mass is 292 g/mol. The Morgan fingerprint density at radius 3 is 1.90 bits per heavy atom. The molecule has 5 nitrogen and oxygen atoms in total. The maximum atomic E-state index is 11.9. The standard InChI is InChI=1S/C16H24N2O3/c1-16(2,3)11-18-15(21)13-7-5-12(6-8-13)14(20)17-9-4-10-19/h5-8,19H,4,9-11H2,1-3H3,(H,17,20)(H,18,21). The highest BCUT2D eigenvalue weighted by atomic mass is 16.3. The average Bonchev–Trinajstić information content (AvgIpc) is 2.44. The van der Waals surface area contributed by atoms with Crippen molar-refractivity contribution in [1.82, 2.24) is 10.6 Å². The van der Waals surface area contributed by atoms with Gasteiger partial charge in [-0.25, -0.2) is 0 Å². The van der Waals surface area contributed by atoms with Gasteiger partial charge in [0.25, 0.3) is 11.8 Å². The maximum Gasteiger partial charge on any atom is 0.251 e. The van der Waals surface area contributed by atoms with Gasteiger partial charge in [0.2, 0.25) is 0 Å². The van der Waals surface area contributed by atoms with Crippen molar-refractivity contribution in [2.45, 2.75) is 27.2 Å². The summed E-state index contributed by atoms with van der Waals surface area (Å²) in [6.07, 6.45) is 0.527. The third-order valence-corrected chi connectivity index (χ3v) is 2.81. The summed E-state index contributed by atoms with van der Waals surface area (Å²) in [5.41, 5.74) is 1.06. The zero-order valence-electron chi connectivity index (χ0n) is 12.9. The lowest BCUT2D eigenvalue weighted by atomic mass is 9.97. The first kappa shape index (κ1) is 17.2. The van der Waals surface area contributed by atoms with Crippen molar-refractivity contribution in [2.75, 3.05) is 19.7 Å². The normalized spacial score (nSPS) is 11.0. The molecule has 0 aliphatic heterocycles. The van der Waals surface area contributed by atoms with E-state index in [4.69, 9.17) is 5.11 Å². The molecule has 1 rings (SSSR count). The van der Waals surface area contributed by atoms with Crippen molar-refractivity contribution < 1.29 is 14.7 Å². The van der Waals surface area contributed by atoms with Crippen molar-refractivity contribution in [3.05, 3.63) is 35.4 Å². The van der Waals surface area contributed by atoms with E-state index in [1.54, 1.807) is 24.3 Å². The molecule has 0 unspecified atom stereocenters. The van der Waals surface area contributed by atoms with Gasteiger partial charge in [0.15, 0.2) is 0 Å². The Hall–Kier alpha value is -1.88. The summed E-state index contributed by atoms with van der Waals surface area (Å²) in [5, 5.41) is 14.2. The van der Waals surface area contributed by atoms with Crippen LogP contribution in [0.5, 0.6) is 0 Å². The van der Waals surface area contributed by atoms with E-state index < -0.39 is 0 Å². The van der Waals surface area contributed by atoms with E-state index in [9.17, 15) is 9.59 Å². The number of carbonyl (C=O) groups excluding carboxylic acids is 2. The summed E-state index contributed by atoms with van der Waals surface area (Å²) >= 11 is 0. The number of carbonyl (C=O) groups is 2. The molecule has 0 aliphatic carbocycles. The number of benzene rings is 1. The molecule has 0 fully saturated rings. The van der Waals surface area contributed by atoms with Crippen LogP contribution in [-0.4, -0.2) is 36.6 Å². The Morgan fingerprint density at radius 1 is 1.00 bits per heavy atom. The number of nitrogens with one attached hydrogen (secondary N) is 2. The fourth-order valence-corrected chi connectivity index (χ4v) is 1.60. The summed E-state index contributed by atoms with van der Waals surface area (Å²) in [5.74, 6) is -0.345. The van der Waals surface area contributed by atoms with Gasteiger partial charge < -0.3 is 15.7 Å². The Balaban J connectivity index is 2.57. The second-order valence-electron chi connectivity index (χ2n) is 6.15. The van der Waals surface area contributed by atoms with E-state index in [1.807, 2.05) is 20.8 Å². The topological polar surface area (TPSA) is 78.4 Å². The maximum absolute atomic E-state index is 11.9. The molecule has 5 heteroatoms. The number of amides is 2. The van der Waals surface area contributed by atoms with Crippen LogP contribution in [-0.2, 0) is 0 Å². The first-order chi connectivity index (χ1) is 9.83. The molecule has 0 heterocycles. The van der Waals surface area contributed by atoms with Crippen molar-refractivity contribution in [3.8, 4) is 0 Å². The fraction of sp³-hybridized carbons (Fsp3) is 0.500. The number of rotatable bonds is 6. The van der Waals surface area contributed by atoms with Gasteiger partial charge in [-0.05, 0) is 36.1 Å². The van der Waals surface area contributed by atoms with Crippen LogP contribution in [0.2, 0.25) is 0 Å². The van der Waals surface area contributed by atoms with Crippen LogP contribution in [0.25, 0.3) is 0 Å². The summed E-state index contributed by atoms with van der Waals surface area (Å²) < 4.78 is 0. The molecule has 116 valence electrons. The lowest BCUT2D eigenvalue weighted by Gasteiger charge is -2.18. The van der Waals surface area contributed by atoms with Crippen LogP contribution in [0.1, 0.15) is 47.9 Å². The zero-order chi connectivity index (χ0) is 15.9. The van der Waals surface area contributed by atoms with Crippen LogP contribution in [0.3, 0.4) is 0 Å². The minimum atomic E-state index is -0.204. The largest absolute Gasteiger partial charge is 0.396 e. The van der Waals surface area contributed by atoms with Crippen molar-refractivity contribution >= 4 is 11.8 Å². The molecule has 1 aromatic rings. The third kappa shape index (κ3) is 6.40. The van der Waals surface area contributed by atoms with E-state index in [0.717, 1.165) is 0 Å². The molecule has 2 amide bonds. The molecule has 0 aliphatic rings. The molecule has 1 aromatic carbocycles. The summed E-state index contributed by atoms with van der Waals surface area (Å²) in [6.45, 7) is 7.22. The third-order valence-electron chi connectivity index (χ3n) is 2.81. The molecular weight excluding hydrogens is 268 g/mol. The van der Waals surface area contributed by atoms with Gasteiger partial charge in [-0.3, -0.25) is 9.59 Å². The SMILES string of the molecule is CC(C)(C)CNC(=O)c1ccc(C(=O)NCCCO)cc1. The predicted molar refractivity (Wildman–Crippen MR) is 82.3 cm³/mol. The quantitative estimate of drug-likeness (QED) is 0.696. The molecule has 0 atom stereocenters. The molecule has 0 saturated carbocycles. The molecule has 0 aromatic heterocycles. The smallest absolute Gasteiger partial charge is 0.251 e. The molecule has 3 N–H and O–H groups in total. The average molecular weight is 292 g/mol. The molecule has 0 radical (unpaired) electrons. The summed E-state index contributed by atoms with van der Waals surface area (Å²) in [4.78, 5) is 23.7. The Morgan fingerprint density at radius 2 is 1.48 bits per heavy atom. The lowest BCUT2D eigenvalue weighted by molar-refractivity contribution is 0.0932. The summed E-state index contributed by atoms with van der Waals surface area (Å²) in [6, 6.07) is 6.53. The van der Waals surface area contributed by atoms with Gasteiger partial charge in [0.1, 0.15) is 0 Å². The van der Waals surface area contributed by atoms with Gasteiger partial charge in [-0.15, -0.1) is 0 Å². The fourth-order valence-electron chi connectivity index (χ4n) is 1.60. The first-order valence-corrected chi connectivity index (χ1v) is 7.11. The Bertz CT molecular complexity index is 475. The Labute approximate surface area is 125 Å². The minimum Gasteiger partial charge on any atom is -0.396 e. The highest BCUT2D eigenvalue weighted by Gasteiger charge is 2.13. The van der Waals surface area contributed by atoms with Crippen LogP contribution < -0.4 is 10.6 Å². The van der Waals surface area contributed by atoms with Crippen LogP contribution in [0.4, 0.5) is 0 Å². The minimum absolute atomic E-state index is 0.0300. The van der Waals surface area contributed by atoms with Crippen LogP contribution in [0.15, 0.2) is 24.3 Å². The highest BCUT2D eigenvalue weighted by molar-refractivity contribution is 5.97. The van der Waals surface area contributed by atoms with E-state index >= 15 is 0 Å². The second kappa shape index (κ2) is 7.78. The van der Waals surface area contributed by atoms with Gasteiger partial charge >= 0.3 is 0 Å². The molecule has 21 heavy (non-hydrogen) atoms. The Kier molecular flexibility index (Phi) is 6.37. The van der Waals surface area contributed by atoms with Gasteiger partial charge in [-0.1, -0.05) is 20.8 Å². The number of hydrogen-bond donors (Lipinski definition) is 3. The van der Waals surface area contributed by atoms with Crippen molar-refractivity contribution in [3.63, 3.8) is 0 Å². The number of hydrogen-bond acceptors (Lipinski definition) is 3. The molecule has 0 spiro atoms. The van der Waals surface area contributed by atoms with E-state index in [0.29, 0.717) is 30.6 Å². The highest BCUT2D eigenvalue weighted by Crippen LogP contribution is 2.11. The molecule has 0 saturated heterocycles. The molecular formula is C16H24N2O3. The van der Waals surface area contributed by atoms with Crippen LogP contribution >= 0.6 is 0 Å². The van der Waals surface area contributed by atoms with Gasteiger partial charge in [-0.2, -0.15) is 0 Å². The first-order valence-electron chi connectivity index (χ1n) is 7.11. The van der Waals surface area contributed by atoms with E-state index in [1.165, 1.54) is 0 Å². The van der Waals surface area contributed by atoms with Crippen molar-refractivity contribution in [1.29, 1.82) is 0 Å². The van der Waals surface area contributed by atoms with Crippen LogP contribution in [0, 0.1) is 5.41 Å². The number of aliphatic hydroxyl groups is 1. The van der Waals surface area contributed by atoms with E-state index in [-0.39, 0.29) is 23.8 Å². The van der Waals surface area contributed by atoms with Crippen molar-refractivity contribution in [2.24, 2.45) is 5.41 Å². The van der Waals surface area contributed by atoms with Gasteiger partial charge in [0.05, 0.1) is 0 Å². The zero-order valence-corrected chi connectivity index (χ0v) is 12.9. The number of aliphatic hydroxyl groups excluding tert-OH is 1. The van der Waals surface area contributed by atoms with E-state index in [2.05, 4.69) is 10.6 Å². The lowest BCUT2D eigenvalue weighted by Crippen LogP contribution is -2.32.